The molecule has 7 nitrogen and oxygen atoms in total. The Bertz CT molecular complexity index is 259. The van der Waals surface area contributed by atoms with Gasteiger partial charge in [0.1, 0.15) is 6.04 Å². The number of hydrogen-bond donors (Lipinski definition) is 4. The van der Waals surface area contributed by atoms with Crippen LogP contribution < -0.4 is 5.32 Å². The van der Waals surface area contributed by atoms with Gasteiger partial charge >= 0.3 is 12.0 Å². The molecule has 1 atom stereocenters. The maximum Gasteiger partial charge on any atom is 0.326 e. The van der Waals surface area contributed by atoms with Gasteiger partial charge in [0.05, 0.1) is 13.2 Å². The fourth-order valence-electron chi connectivity index (χ4n) is 1.29. The summed E-state index contributed by atoms with van der Waals surface area (Å²) in [6.45, 7) is -0.367. The molecule has 1 unspecified atom stereocenters. The Morgan fingerprint density at radius 2 is 1.83 bits per heavy atom. The molecule has 0 rings (SSSR count). The number of carbonyl (C=O) groups excluding carboxylic acids is 1. The van der Waals surface area contributed by atoms with Crippen LogP contribution in [0.1, 0.15) is 6.42 Å². The highest BCUT2D eigenvalue weighted by molar-refractivity contribution is 7.98. The van der Waals surface area contributed by atoms with Crippen LogP contribution in [-0.2, 0) is 4.79 Å². The van der Waals surface area contributed by atoms with Crippen LogP contribution in [0.15, 0.2) is 0 Å². The van der Waals surface area contributed by atoms with E-state index in [4.69, 9.17) is 15.3 Å². The van der Waals surface area contributed by atoms with Crippen LogP contribution in [0.25, 0.3) is 0 Å². The van der Waals surface area contributed by atoms with Crippen molar-refractivity contribution in [2.75, 3.05) is 38.3 Å². The van der Waals surface area contributed by atoms with Crippen LogP contribution >= 0.6 is 11.8 Å². The van der Waals surface area contributed by atoms with E-state index in [0.717, 1.165) is 0 Å². The Morgan fingerprint density at radius 1 is 1.28 bits per heavy atom. The number of aliphatic carboxylic acids is 1. The van der Waals surface area contributed by atoms with E-state index < -0.39 is 18.0 Å². The van der Waals surface area contributed by atoms with Gasteiger partial charge in [-0.15, -0.1) is 0 Å². The van der Waals surface area contributed by atoms with Crippen molar-refractivity contribution in [3.05, 3.63) is 0 Å². The normalized spacial score (nSPS) is 11.9. The minimum absolute atomic E-state index is 0.0568. The van der Waals surface area contributed by atoms with E-state index in [1.165, 1.54) is 16.7 Å². The van der Waals surface area contributed by atoms with Gasteiger partial charge in [0.2, 0.25) is 0 Å². The molecule has 0 aromatic heterocycles. The number of aliphatic hydroxyl groups is 2. The number of carbonyl (C=O) groups is 2. The van der Waals surface area contributed by atoms with Crippen molar-refractivity contribution < 1.29 is 24.9 Å². The second-order valence-corrected chi connectivity index (χ2v) is 4.54. The van der Waals surface area contributed by atoms with Gasteiger partial charge in [0.25, 0.3) is 0 Å². The van der Waals surface area contributed by atoms with E-state index in [9.17, 15) is 9.59 Å². The smallest absolute Gasteiger partial charge is 0.326 e. The van der Waals surface area contributed by atoms with E-state index in [0.29, 0.717) is 12.2 Å². The lowest BCUT2D eigenvalue weighted by atomic mass is 10.2. The van der Waals surface area contributed by atoms with Crippen molar-refractivity contribution in [3.8, 4) is 0 Å². The third kappa shape index (κ3) is 6.67. The Hall–Kier alpha value is -0.990. The summed E-state index contributed by atoms with van der Waals surface area (Å²) in [7, 11) is 0. The van der Waals surface area contributed by atoms with Crippen LogP contribution in [0.3, 0.4) is 0 Å². The molecular weight excluding hydrogens is 260 g/mol. The molecule has 0 aromatic rings. The highest BCUT2D eigenvalue weighted by Crippen LogP contribution is 2.02. The number of urea groups is 1. The molecule has 18 heavy (non-hydrogen) atoms. The number of carboxylic acids is 1. The van der Waals surface area contributed by atoms with Crippen LogP contribution in [0.2, 0.25) is 0 Å². The second kappa shape index (κ2) is 9.98. The summed E-state index contributed by atoms with van der Waals surface area (Å²) in [6, 6.07) is -1.54. The zero-order valence-corrected chi connectivity index (χ0v) is 11.2. The first kappa shape index (κ1) is 17.0. The molecule has 2 amide bonds. The number of nitrogens with one attached hydrogen (secondary N) is 1. The summed E-state index contributed by atoms with van der Waals surface area (Å²) in [6.07, 6.45) is 2.18. The number of rotatable bonds is 9. The van der Waals surface area contributed by atoms with E-state index in [-0.39, 0.29) is 26.3 Å². The Labute approximate surface area is 110 Å². The number of aliphatic hydroxyl groups excluding tert-OH is 2. The molecule has 0 aliphatic rings. The Morgan fingerprint density at radius 3 is 2.22 bits per heavy atom. The number of amides is 2. The van der Waals surface area contributed by atoms with Crippen molar-refractivity contribution in [3.63, 3.8) is 0 Å². The van der Waals surface area contributed by atoms with Gasteiger partial charge in [-0.25, -0.2) is 9.59 Å². The van der Waals surface area contributed by atoms with Gasteiger partial charge in [0.15, 0.2) is 0 Å². The predicted octanol–water partition coefficient (Wildman–Crippen LogP) is -0.811. The molecular formula is C10H20N2O5S. The molecule has 8 heteroatoms. The van der Waals surface area contributed by atoms with Crippen molar-refractivity contribution in [2.24, 2.45) is 0 Å². The zero-order valence-electron chi connectivity index (χ0n) is 10.3. The Balaban J connectivity index is 4.39. The Kier molecular flexibility index (Phi) is 9.43. The maximum absolute atomic E-state index is 11.7. The van der Waals surface area contributed by atoms with E-state index in [2.05, 4.69) is 5.32 Å². The van der Waals surface area contributed by atoms with Crippen LogP contribution in [0.4, 0.5) is 4.79 Å². The molecule has 106 valence electrons. The van der Waals surface area contributed by atoms with E-state index in [1.807, 2.05) is 6.26 Å². The van der Waals surface area contributed by atoms with Gasteiger partial charge in [-0.05, 0) is 18.4 Å². The lowest BCUT2D eigenvalue weighted by molar-refractivity contribution is -0.139. The summed E-state index contributed by atoms with van der Waals surface area (Å²) >= 11 is 1.50. The topological polar surface area (TPSA) is 110 Å². The molecule has 0 spiro atoms. The fourth-order valence-corrected chi connectivity index (χ4v) is 1.76. The monoisotopic (exact) mass is 280 g/mol. The third-order valence-corrected chi connectivity index (χ3v) is 2.88. The minimum Gasteiger partial charge on any atom is -0.480 e. The number of hydrogen-bond acceptors (Lipinski definition) is 5. The number of thioether (sulfide) groups is 1. The quantitative estimate of drug-likeness (QED) is 0.440. The average Bonchev–Trinajstić information content (AvgIpc) is 2.33. The first-order valence-electron chi connectivity index (χ1n) is 5.55. The number of nitrogens with zero attached hydrogens (tertiary/aromatic N) is 1. The standard InChI is InChI=1S/C10H20N2O5S/c1-18-7-2-8(9(15)16)11-10(17)12(3-5-13)4-6-14/h8,13-14H,2-7H2,1H3,(H,11,17)(H,15,16). The van der Waals surface area contributed by atoms with Gasteiger partial charge in [0, 0.05) is 13.1 Å². The summed E-state index contributed by atoms with van der Waals surface area (Å²) in [5.41, 5.74) is 0. The summed E-state index contributed by atoms with van der Waals surface area (Å²) in [5, 5.41) is 28.9. The highest BCUT2D eigenvalue weighted by atomic mass is 32.2. The first-order valence-corrected chi connectivity index (χ1v) is 6.95. The number of carboxylic acid groups (broad SMARTS) is 1. The summed E-state index contributed by atoms with van der Waals surface area (Å²) < 4.78 is 0. The second-order valence-electron chi connectivity index (χ2n) is 3.56. The maximum atomic E-state index is 11.7. The average molecular weight is 280 g/mol. The SMILES string of the molecule is CSCCC(NC(=O)N(CCO)CCO)C(=O)O. The molecule has 0 aromatic carbocycles. The predicted molar refractivity (Wildman–Crippen MR) is 68.7 cm³/mol. The van der Waals surface area contributed by atoms with Crippen molar-refractivity contribution in [1.29, 1.82) is 0 Å². The molecule has 0 radical (unpaired) electrons. The molecule has 0 saturated heterocycles. The molecule has 0 aliphatic carbocycles. The van der Waals surface area contributed by atoms with E-state index >= 15 is 0 Å². The largest absolute Gasteiger partial charge is 0.480 e. The minimum atomic E-state index is -1.09. The van der Waals surface area contributed by atoms with Crippen LogP contribution in [-0.4, -0.2) is 76.6 Å². The molecule has 0 fully saturated rings. The van der Waals surface area contributed by atoms with Gasteiger partial charge in [-0.2, -0.15) is 11.8 Å². The summed E-state index contributed by atoms with van der Waals surface area (Å²) in [4.78, 5) is 23.8. The summed E-state index contributed by atoms with van der Waals surface area (Å²) in [5.74, 6) is -0.470. The van der Waals surface area contributed by atoms with E-state index in [1.54, 1.807) is 0 Å². The van der Waals surface area contributed by atoms with Gasteiger partial charge < -0.3 is 25.5 Å². The van der Waals surface area contributed by atoms with Crippen LogP contribution in [0, 0.1) is 0 Å². The zero-order chi connectivity index (χ0) is 14.0. The lowest BCUT2D eigenvalue weighted by Crippen LogP contribution is -2.49. The molecule has 0 heterocycles. The van der Waals surface area contributed by atoms with Crippen molar-refractivity contribution >= 4 is 23.8 Å². The van der Waals surface area contributed by atoms with Gasteiger partial charge in [-0.3, -0.25) is 0 Å². The van der Waals surface area contributed by atoms with Crippen molar-refractivity contribution in [2.45, 2.75) is 12.5 Å². The van der Waals surface area contributed by atoms with Crippen molar-refractivity contribution in [1.82, 2.24) is 10.2 Å². The fraction of sp³-hybridized carbons (Fsp3) is 0.800. The van der Waals surface area contributed by atoms with Gasteiger partial charge in [-0.1, -0.05) is 0 Å². The molecule has 4 N–H and O–H groups in total. The third-order valence-electron chi connectivity index (χ3n) is 2.23. The van der Waals surface area contributed by atoms with Crippen LogP contribution in [0.5, 0.6) is 0 Å². The highest BCUT2D eigenvalue weighted by Gasteiger charge is 2.22. The first-order chi connectivity index (χ1) is 8.56. The molecule has 0 saturated carbocycles. The molecule has 0 aliphatic heterocycles. The lowest BCUT2D eigenvalue weighted by Gasteiger charge is -2.23. The molecule has 0 bridgehead atoms.